The largest absolute Gasteiger partial charge is 0.298 e. The molecule has 0 aliphatic heterocycles. The van der Waals surface area contributed by atoms with Gasteiger partial charge in [0.1, 0.15) is 6.29 Å². The van der Waals surface area contributed by atoms with E-state index in [1.165, 1.54) is 11.1 Å². The fraction of sp³-hybridized carbons (Fsp3) is 0.417. The Kier molecular flexibility index (Phi) is 1.76. The van der Waals surface area contributed by atoms with Crippen molar-refractivity contribution in [3.05, 3.63) is 34.9 Å². The van der Waals surface area contributed by atoms with Crippen LogP contribution in [0.25, 0.3) is 0 Å². The number of carbonyl (C=O) groups is 1. The summed E-state index contributed by atoms with van der Waals surface area (Å²) in [5.74, 6) is 0. The lowest BCUT2D eigenvalue weighted by atomic mass is 9.86. The van der Waals surface area contributed by atoms with Gasteiger partial charge in [-0.2, -0.15) is 0 Å². The molecule has 0 amide bonds. The number of rotatable bonds is 1. The van der Waals surface area contributed by atoms with Crippen molar-refractivity contribution < 1.29 is 4.79 Å². The first-order chi connectivity index (χ1) is 6.15. The molecule has 0 saturated heterocycles. The van der Waals surface area contributed by atoms with E-state index in [9.17, 15) is 4.79 Å². The van der Waals surface area contributed by atoms with Crippen molar-refractivity contribution in [2.24, 2.45) is 0 Å². The number of benzene rings is 1. The third-order valence-corrected chi connectivity index (χ3v) is 3.07. The van der Waals surface area contributed by atoms with E-state index in [1.807, 2.05) is 12.1 Å². The smallest absolute Gasteiger partial charge is 0.150 e. The molecule has 0 aromatic heterocycles. The fourth-order valence-electron chi connectivity index (χ4n) is 2.20. The van der Waals surface area contributed by atoms with Crippen molar-refractivity contribution in [1.82, 2.24) is 0 Å². The van der Waals surface area contributed by atoms with Gasteiger partial charge in [-0.1, -0.05) is 32.0 Å². The van der Waals surface area contributed by atoms with Crippen LogP contribution < -0.4 is 0 Å². The van der Waals surface area contributed by atoms with Crippen LogP contribution in [0.2, 0.25) is 0 Å². The van der Waals surface area contributed by atoms with E-state index >= 15 is 0 Å². The molecule has 1 aliphatic carbocycles. The van der Waals surface area contributed by atoms with Crippen LogP contribution in [-0.2, 0) is 11.8 Å². The third-order valence-electron chi connectivity index (χ3n) is 3.07. The molecule has 2 rings (SSSR count). The Bertz CT molecular complexity index is 350. The lowest BCUT2D eigenvalue weighted by Gasteiger charge is -2.18. The summed E-state index contributed by atoms with van der Waals surface area (Å²) < 4.78 is 0. The van der Waals surface area contributed by atoms with Gasteiger partial charge in [0, 0.05) is 5.56 Å². The van der Waals surface area contributed by atoms with Crippen molar-refractivity contribution >= 4 is 6.29 Å². The van der Waals surface area contributed by atoms with Gasteiger partial charge in [-0.15, -0.1) is 0 Å². The van der Waals surface area contributed by atoms with Crippen LogP contribution in [0.4, 0.5) is 0 Å². The molecule has 0 fully saturated rings. The van der Waals surface area contributed by atoms with E-state index in [0.29, 0.717) is 0 Å². The monoisotopic (exact) mass is 174 g/mol. The van der Waals surface area contributed by atoms with Crippen LogP contribution in [0.1, 0.15) is 41.8 Å². The number of hydrogen-bond acceptors (Lipinski definition) is 1. The van der Waals surface area contributed by atoms with Gasteiger partial charge in [-0.05, 0) is 29.4 Å². The van der Waals surface area contributed by atoms with Crippen LogP contribution in [0.3, 0.4) is 0 Å². The van der Waals surface area contributed by atoms with Gasteiger partial charge in [0.25, 0.3) is 0 Å². The van der Waals surface area contributed by atoms with Crippen LogP contribution >= 0.6 is 0 Å². The quantitative estimate of drug-likeness (QED) is 0.598. The maximum Gasteiger partial charge on any atom is 0.150 e. The molecule has 0 radical (unpaired) electrons. The predicted molar refractivity (Wildman–Crippen MR) is 53.2 cm³/mol. The zero-order chi connectivity index (χ0) is 9.47. The highest BCUT2D eigenvalue weighted by molar-refractivity contribution is 5.78. The second-order valence-corrected chi connectivity index (χ2v) is 4.38. The number of carbonyl (C=O) groups excluding carboxylic acids is 1. The van der Waals surface area contributed by atoms with E-state index in [4.69, 9.17) is 0 Å². The topological polar surface area (TPSA) is 17.1 Å². The summed E-state index contributed by atoms with van der Waals surface area (Å²) in [6, 6.07) is 6.04. The summed E-state index contributed by atoms with van der Waals surface area (Å²) in [6.45, 7) is 4.49. The Morgan fingerprint density at radius 1 is 1.38 bits per heavy atom. The van der Waals surface area contributed by atoms with Crippen LogP contribution in [0.5, 0.6) is 0 Å². The lowest BCUT2D eigenvalue weighted by molar-refractivity contribution is 0.112. The molecule has 0 saturated carbocycles. The Labute approximate surface area is 78.8 Å². The summed E-state index contributed by atoms with van der Waals surface area (Å²) in [7, 11) is 0. The molecular formula is C12H14O. The van der Waals surface area contributed by atoms with Crippen LogP contribution in [0, 0.1) is 0 Å². The number of fused-ring (bicyclic) bond motifs is 1. The molecule has 0 bridgehead atoms. The maximum atomic E-state index is 10.8. The average molecular weight is 174 g/mol. The van der Waals surface area contributed by atoms with Crippen molar-refractivity contribution in [3.8, 4) is 0 Å². The van der Waals surface area contributed by atoms with Gasteiger partial charge in [0.2, 0.25) is 0 Å². The Morgan fingerprint density at radius 3 is 2.85 bits per heavy atom. The molecule has 1 heteroatoms. The van der Waals surface area contributed by atoms with E-state index in [2.05, 4.69) is 19.9 Å². The molecule has 68 valence electrons. The normalized spacial score (nSPS) is 18.3. The molecule has 0 spiro atoms. The molecule has 0 N–H and O–H groups in total. The first-order valence-corrected chi connectivity index (χ1v) is 4.73. The molecule has 0 unspecified atom stereocenters. The first kappa shape index (κ1) is 8.49. The summed E-state index contributed by atoms with van der Waals surface area (Å²) in [5, 5.41) is 0. The van der Waals surface area contributed by atoms with Crippen molar-refractivity contribution in [3.63, 3.8) is 0 Å². The highest BCUT2D eigenvalue weighted by Crippen LogP contribution is 2.39. The minimum absolute atomic E-state index is 0.258. The lowest BCUT2D eigenvalue weighted by Crippen LogP contribution is -2.11. The van der Waals surface area contributed by atoms with Crippen molar-refractivity contribution in [2.45, 2.75) is 32.1 Å². The van der Waals surface area contributed by atoms with Crippen LogP contribution in [0.15, 0.2) is 18.2 Å². The standard InChI is InChI=1S/C12H14O/c1-12(2)7-6-10-9(8-13)4-3-5-11(10)12/h3-5,8H,6-7H2,1-2H3. The van der Waals surface area contributed by atoms with Gasteiger partial charge < -0.3 is 0 Å². The van der Waals surface area contributed by atoms with E-state index in [-0.39, 0.29) is 5.41 Å². The number of hydrogen-bond donors (Lipinski definition) is 0. The molecule has 1 aromatic carbocycles. The Balaban J connectivity index is 2.62. The highest BCUT2D eigenvalue weighted by atomic mass is 16.1. The summed E-state index contributed by atoms with van der Waals surface area (Å²) in [5.41, 5.74) is 3.76. The average Bonchev–Trinajstić information content (AvgIpc) is 2.43. The predicted octanol–water partition coefficient (Wildman–Crippen LogP) is 2.72. The summed E-state index contributed by atoms with van der Waals surface area (Å²) >= 11 is 0. The molecular weight excluding hydrogens is 160 g/mol. The van der Waals surface area contributed by atoms with Crippen molar-refractivity contribution in [1.29, 1.82) is 0 Å². The van der Waals surface area contributed by atoms with E-state index in [1.54, 1.807) is 0 Å². The van der Waals surface area contributed by atoms with Crippen LogP contribution in [-0.4, -0.2) is 6.29 Å². The van der Waals surface area contributed by atoms with Crippen molar-refractivity contribution in [2.75, 3.05) is 0 Å². The third kappa shape index (κ3) is 1.19. The molecule has 1 aromatic rings. The SMILES string of the molecule is CC1(C)CCc2c(C=O)cccc21. The minimum Gasteiger partial charge on any atom is -0.298 e. The highest BCUT2D eigenvalue weighted by Gasteiger charge is 2.30. The second-order valence-electron chi connectivity index (χ2n) is 4.38. The second kappa shape index (κ2) is 2.69. The van der Waals surface area contributed by atoms with Gasteiger partial charge in [0.05, 0.1) is 0 Å². The molecule has 0 atom stereocenters. The first-order valence-electron chi connectivity index (χ1n) is 4.73. The molecule has 1 nitrogen and oxygen atoms in total. The number of aldehydes is 1. The Hall–Kier alpha value is -1.11. The fourth-order valence-corrected chi connectivity index (χ4v) is 2.20. The summed E-state index contributed by atoms with van der Waals surface area (Å²) in [4.78, 5) is 10.8. The van der Waals surface area contributed by atoms with Gasteiger partial charge in [0.15, 0.2) is 0 Å². The summed E-state index contributed by atoms with van der Waals surface area (Å²) in [6.07, 6.45) is 3.19. The zero-order valence-corrected chi connectivity index (χ0v) is 8.13. The zero-order valence-electron chi connectivity index (χ0n) is 8.13. The molecule has 13 heavy (non-hydrogen) atoms. The Morgan fingerprint density at radius 2 is 2.15 bits per heavy atom. The maximum absolute atomic E-state index is 10.8. The van der Waals surface area contributed by atoms with E-state index < -0.39 is 0 Å². The molecule has 0 heterocycles. The molecule has 1 aliphatic rings. The van der Waals surface area contributed by atoms with E-state index in [0.717, 1.165) is 24.7 Å². The van der Waals surface area contributed by atoms with Gasteiger partial charge in [-0.3, -0.25) is 4.79 Å². The minimum atomic E-state index is 0.258. The van der Waals surface area contributed by atoms with Gasteiger partial charge >= 0.3 is 0 Å². The van der Waals surface area contributed by atoms with Gasteiger partial charge in [-0.25, -0.2) is 0 Å².